The fraction of sp³-hybridized carbons (Fsp3) is 0.125. The predicted molar refractivity (Wildman–Crippen MR) is 56.7 cm³/mol. The lowest BCUT2D eigenvalue weighted by Gasteiger charge is -2.13. The van der Waals surface area contributed by atoms with E-state index in [2.05, 4.69) is 0 Å². The van der Waals surface area contributed by atoms with Crippen LogP contribution in [0, 0.1) is 5.41 Å². The summed E-state index contributed by atoms with van der Waals surface area (Å²) >= 11 is 3.25. The van der Waals surface area contributed by atoms with Crippen molar-refractivity contribution in [3.05, 3.63) is 30.3 Å². The number of hydrogen-bond donors (Lipinski definition) is 1. The first kappa shape index (κ1) is 8.01. The molecule has 4 heteroatoms. The van der Waals surface area contributed by atoms with E-state index in [-0.39, 0.29) is 0 Å². The third-order valence-corrected chi connectivity index (χ3v) is 3.67. The number of para-hydroxylation sites is 1. The molecule has 1 heterocycles. The number of hydrogen-bond acceptors (Lipinski definition) is 3. The Morgan fingerprint density at radius 3 is 2.58 bits per heavy atom. The standard InChI is InChI=1S/C8H8N2S2/c9-8-10(12-6-11-8)7-4-2-1-3-5-7/h1-5,9H,6H2. The molecule has 1 saturated heterocycles. The van der Waals surface area contributed by atoms with Crippen LogP contribution in [0.1, 0.15) is 0 Å². The van der Waals surface area contributed by atoms with Crippen molar-refractivity contribution in [2.45, 2.75) is 0 Å². The maximum absolute atomic E-state index is 7.61. The Hall–Kier alpha value is -0.610. The first-order valence-electron chi connectivity index (χ1n) is 3.57. The first-order valence-corrected chi connectivity index (χ1v) is 5.50. The second kappa shape index (κ2) is 3.41. The third kappa shape index (κ3) is 1.44. The van der Waals surface area contributed by atoms with Gasteiger partial charge in [0, 0.05) is 0 Å². The fourth-order valence-corrected chi connectivity index (χ4v) is 3.01. The van der Waals surface area contributed by atoms with Crippen LogP contribution in [0.15, 0.2) is 30.3 Å². The van der Waals surface area contributed by atoms with E-state index >= 15 is 0 Å². The highest BCUT2D eigenvalue weighted by Crippen LogP contribution is 2.34. The summed E-state index contributed by atoms with van der Waals surface area (Å²) in [6.07, 6.45) is 0. The lowest BCUT2D eigenvalue weighted by atomic mass is 10.3. The van der Waals surface area contributed by atoms with Gasteiger partial charge in [0.1, 0.15) is 0 Å². The van der Waals surface area contributed by atoms with Crippen LogP contribution in [-0.2, 0) is 0 Å². The Balaban J connectivity index is 2.25. The Kier molecular flexibility index (Phi) is 2.28. The number of amidine groups is 1. The van der Waals surface area contributed by atoms with E-state index in [0.717, 1.165) is 10.8 Å². The molecule has 0 unspecified atom stereocenters. The minimum absolute atomic E-state index is 0.631. The summed E-state index contributed by atoms with van der Waals surface area (Å²) in [6, 6.07) is 10.0. The molecule has 0 aliphatic carbocycles. The van der Waals surface area contributed by atoms with Gasteiger partial charge in [0.2, 0.25) is 0 Å². The van der Waals surface area contributed by atoms with Crippen molar-refractivity contribution in [1.29, 1.82) is 5.41 Å². The molecular weight excluding hydrogens is 188 g/mol. The normalized spacial score (nSPS) is 17.0. The molecule has 1 aliphatic heterocycles. The van der Waals surface area contributed by atoms with Crippen LogP contribution in [0.25, 0.3) is 0 Å². The summed E-state index contributed by atoms with van der Waals surface area (Å²) in [6.45, 7) is 0. The van der Waals surface area contributed by atoms with Gasteiger partial charge < -0.3 is 0 Å². The number of rotatable bonds is 1. The molecule has 0 radical (unpaired) electrons. The lowest BCUT2D eigenvalue weighted by molar-refractivity contribution is 1.46. The minimum atomic E-state index is 0.631. The lowest BCUT2D eigenvalue weighted by Crippen LogP contribution is -2.13. The Morgan fingerprint density at radius 1 is 1.25 bits per heavy atom. The summed E-state index contributed by atoms with van der Waals surface area (Å²) in [5, 5.41) is 9.19. The van der Waals surface area contributed by atoms with Crippen molar-refractivity contribution < 1.29 is 0 Å². The zero-order valence-electron chi connectivity index (χ0n) is 6.36. The molecule has 0 saturated carbocycles. The quantitative estimate of drug-likeness (QED) is 0.700. The number of benzene rings is 1. The zero-order valence-corrected chi connectivity index (χ0v) is 7.99. The average Bonchev–Trinajstić information content (AvgIpc) is 2.53. The topological polar surface area (TPSA) is 27.1 Å². The summed E-state index contributed by atoms with van der Waals surface area (Å²) in [5.41, 5.74) is 1.09. The van der Waals surface area contributed by atoms with Crippen LogP contribution in [0.5, 0.6) is 0 Å². The maximum Gasteiger partial charge on any atom is 0.172 e. The minimum Gasteiger partial charge on any atom is -0.278 e. The highest BCUT2D eigenvalue weighted by molar-refractivity contribution is 8.29. The highest BCUT2D eigenvalue weighted by atomic mass is 32.2. The summed E-state index contributed by atoms with van der Waals surface area (Å²) in [5.74, 6) is 0. The zero-order chi connectivity index (χ0) is 8.39. The van der Waals surface area contributed by atoms with Crippen molar-refractivity contribution in [3.8, 4) is 0 Å². The van der Waals surface area contributed by atoms with Gasteiger partial charge in [0.15, 0.2) is 5.17 Å². The predicted octanol–water partition coefficient (Wildman–Crippen LogP) is 2.78. The van der Waals surface area contributed by atoms with Crippen molar-refractivity contribution in [2.24, 2.45) is 0 Å². The maximum atomic E-state index is 7.61. The van der Waals surface area contributed by atoms with E-state index in [0.29, 0.717) is 5.17 Å². The fourth-order valence-electron chi connectivity index (χ4n) is 1.01. The second-order valence-electron chi connectivity index (χ2n) is 2.33. The molecular formula is C8H8N2S2. The third-order valence-electron chi connectivity index (χ3n) is 1.55. The molecule has 0 aromatic heterocycles. The van der Waals surface area contributed by atoms with Gasteiger partial charge in [0.05, 0.1) is 10.8 Å². The van der Waals surface area contributed by atoms with Gasteiger partial charge in [-0.15, -0.1) is 0 Å². The van der Waals surface area contributed by atoms with Gasteiger partial charge in [-0.3, -0.25) is 9.71 Å². The van der Waals surface area contributed by atoms with Gasteiger partial charge in [-0.05, 0) is 24.1 Å². The smallest absolute Gasteiger partial charge is 0.172 e. The van der Waals surface area contributed by atoms with E-state index in [1.807, 2.05) is 34.6 Å². The van der Waals surface area contributed by atoms with Crippen LogP contribution in [-0.4, -0.2) is 10.3 Å². The molecule has 0 spiro atoms. The Labute approximate surface area is 80.0 Å². The molecule has 1 aliphatic rings. The molecule has 12 heavy (non-hydrogen) atoms. The molecule has 2 nitrogen and oxygen atoms in total. The van der Waals surface area contributed by atoms with Crippen molar-refractivity contribution in [2.75, 3.05) is 9.39 Å². The van der Waals surface area contributed by atoms with E-state index in [9.17, 15) is 0 Å². The van der Waals surface area contributed by atoms with Crippen molar-refractivity contribution in [3.63, 3.8) is 0 Å². The van der Waals surface area contributed by atoms with E-state index < -0.39 is 0 Å². The number of nitrogens with one attached hydrogen (secondary N) is 1. The van der Waals surface area contributed by atoms with Crippen molar-refractivity contribution >= 4 is 34.6 Å². The van der Waals surface area contributed by atoms with Crippen LogP contribution in [0.2, 0.25) is 0 Å². The highest BCUT2D eigenvalue weighted by Gasteiger charge is 2.19. The van der Waals surface area contributed by atoms with Crippen LogP contribution >= 0.6 is 23.7 Å². The number of anilines is 1. The largest absolute Gasteiger partial charge is 0.278 e. The molecule has 0 atom stereocenters. The van der Waals surface area contributed by atoms with Crippen LogP contribution in [0.4, 0.5) is 5.69 Å². The molecule has 0 amide bonds. The average molecular weight is 196 g/mol. The van der Waals surface area contributed by atoms with Crippen LogP contribution < -0.4 is 4.31 Å². The summed E-state index contributed by atoms with van der Waals surface area (Å²) < 4.78 is 1.95. The molecule has 0 bridgehead atoms. The van der Waals surface area contributed by atoms with E-state index in [1.165, 1.54) is 0 Å². The van der Waals surface area contributed by atoms with E-state index in [1.54, 1.807) is 23.7 Å². The van der Waals surface area contributed by atoms with Crippen LogP contribution in [0.3, 0.4) is 0 Å². The molecule has 1 N–H and O–H groups in total. The van der Waals surface area contributed by atoms with Gasteiger partial charge >= 0.3 is 0 Å². The second-order valence-corrected chi connectivity index (χ2v) is 4.57. The van der Waals surface area contributed by atoms with Gasteiger partial charge in [-0.2, -0.15) is 0 Å². The summed E-state index contributed by atoms with van der Waals surface area (Å²) in [7, 11) is 0. The van der Waals surface area contributed by atoms with Gasteiger partial charge in [-0.1, -0.05) is 30.0 Å². The molecule has 1 aromatic rings. The monoisotopic (exact) mass is 196 g/mol. The van der Waals surface area contributed by atoms with Gasteiger partial charge in [0.25, 0.3) is 0 Å². The first-order chi connectivity index (χ1) is 5.88. The molecule has 2 rings (SSSR count). The molecule has 62 valence electrons. The molecule has 1 aromatic carbocycles. The summed E-state index contributed by atoms with van der Waals surface area (Å²) in [4.78, 5) is 0. The Morgan fingerprint density at radius 2 is 2.00 bits per heavy atom. The Bertz CT molecular complexity index is 286. The van der Waals surface area contributed by atoms with Crippen molar-refractivity contribution in [1.82, 2.24) is 0 Å². The SMILES string of the molecule is N=C1SCSN1c1ccccc1. The molecule has 1 fully saturated rings. The van der Waals surface area contributed by atoms with Gasteiger partial charge in [-0.25, -0.2) is 0 Å². The number of thioether (sulfide) groups is 1. The number of nitrogens with zero attached hydrogens (tertiary/aromatic N) is 1. The van der Waals surface area contributed by atoms with E-state index in [4.69, 9.17) is 5.41 Å².